The number of rotatable bonds is 5. The molecule has 1 heterocycles. The van der Waals surface area contributed by atoms with Crippen LogP contribution < -0.4 is 5.32 Å². The van der Waals surface area contributed by atoms with Gasteiger partial charge in [0, 0.05) is 25.5 Å². The Hall–Kier alpha value is -0.160. The van der Waals surface area contributed by atoms with Gasteiger partial charge in [0.1, 0.15) is 0 Å². The molecule has 0 atom stereocenters. The highest BCUT2D eigenvalue weighted by atomic mass is 16.7. The Morgan fingerprint density at radius 2 is 1.81 bits per heavy atom. The summed E-state index contributed by atoms with van der Waals surface area (Å²) in [6, 6.07) is 0.608. The molecule has 1 saturated carbocycles. The first-order valence-electron chi connectivity index (χ1n) is 6.47. The molecule has 4 nitrogen and oxygen atoms in total. The van der Waals surface area contributed by atoms with E-state index in [0.29, 0.717) is 12.6 Å². The Labute approximate surface area is 97.3 Å². The van der Waals surface area contributed by atoms with Crippen molar-refractivity contribution in [3.63, 3.8) is 0 Å². The predicted molar refractivity (Wildman–Crippen MR) is 61.2 cm³/mol. The Morgan fingerprint density at radius 3 is 2.44 bits per heavy atom. The van der Waals surface area contributed by atoms with Crippen molar-refractivity contribution in [3.8, 4) is 0 Å². The fourth-order valence-corrected chi connectivity index (χ4v) is 2.59. The van der Waals surface area contributed by atoms with Crippen LogP contribution in [0.25, 0.3) is 0 Å². The summed E-state index contributed by atoms with van der Waals surface area (Å²) in [5, 5.41) is 12.2. The Balaban J connectivity index is 1.61. The Morgan fingerprint density at radius 1 is 1.12 bits per heavy atom. The van der Waals surface area contributed by atoms with Crippen LogP contribution in [0.15, 0.2) is 0 Å². The van der Waals surface area contributed by atoms with Crippen LogP contribution in [0.1, 0.15) is 38.5 Å². The zero-order valence-electron chi connectivity index (χ0n) is 9.91. The molecule has 2 aliphatic rings. The molecule has 0 aromatic rings. The van der Waals surface area contributed by atoms with Gasteiger partial charge in [-0.25, -0.2) is 0 Å². The van der Waals surface area contributed by atoms with E-state index < -0.39 is 0 Å². The minimum Gasteiger partial charge on any atom is -0.396 e. The normalized spacial score (nSPS) is 25.3. The second-order valence-electron chi connectivity index (χ2n) is 4.77. The van der Waals surface area contributed by atoms with Crippen LogP contribution in [0.3, 0.4) is 0 Å². The maximum atomic E-state index is 8.68. The summed E-state index contributed by atoms with van der Waals surface area (Å²) in [7, 11) is 0. The summed E-state index contributed by atoms with van der Waals surface area (Å²) in [6.07, 6.45) is 6.27. The van der Waals surface area contributed by atoms with Gasteiger partial charge in [-0.05, 0) is 32.2 Å². The molecule has 4 heteroatoms. The predicted octanol–water partition coefficient (Wildman–Crippen LogP) is 1.03. The first-order valence-corrected chi connectivity index (χ1v) is 6.47. The average molecular weight is 229 g/mol. The lowest BCUT2D eigenvalue weighted by Crippen LogP contribution is -2.42. The topological polar surface area (TPSA) is 50.7 Å². The van der Waals surface area contributed by atoms with E-state index in [1.54, 1.807) is 0 Å². The Kier molecular flexibility index (Phi) is 4.58. The van der Waals surface area contributed by atoms with Crippen LogP contribution in [-0.4, -0.2) is 43.3 Å². The van der Waals surface area contributed by atoms with Crippen LogP contribution >= 0.6 is 0 Å². The molecule has 0 bridgehead atoms. The fourth-order valence-electron chi connectivity index (χ4n) is 2.59. The van der Waals surface area contributed by atoms with Crippen molar-refractivity contribution >= 4 is 0 Å². The summed E-state index contributed by atoms with van der Waals surface area (Å²) in [5.74, 6) is -0.233. The molecule has 2 fully saturated rings. The van der Waals surface area contributed by atoms with E-state index in [1.165, 1.54) is 0 Å². The van der Waals surface area contributed by atoms with E-state index in [9.17, 15) is 0 Å². The second-order valence-corrected chi connectivity index (χ2v) is 4.77. The van der Waals surface area contributed by atoms with E-state index in [4.69, 9.17) is 14.6 Å². The van der Waals surface area contributed by atoms with E-state index in [0.717, 1.165) is 58.3 Å². The number of aliphatic hydroxyl groups is 1. The Bertz CT molecular complexity index is 194. The quantitative estimate of drug-likeness (QED) is 0.691. The average Bonchev–Trinajstić information content (AvgIpc) is 2.76. The monoisotopic (exact) mass is 229 g/mol. The number of unbranched alkanes of at least 4 members (excludes halogenated alkanes) is 1. The van der Waals surface area contributed by atoms with Crippen LogP contribution in [0.4, 0.5) is 0 Å². The summed E-state index contributed by atoms with van der Waals surface area (Å²) in [4.78, 5) is 0. The highest BCUT2D eigenvalue weighted by Crippen LogP contribution is 2.35. The van der Waals surface area contributed by atoms with Gasteiger partial charge in [-0.1, -0.05) is 0 Å². The van der Waals surface area contributed by atoms with Crippen molar-refractivity contribution in [2.24, 2.45) is 0 Å². The van der Waals surface area contributed by atoms with Gasteiger partial charge in [-0.2, -0.15) is 0 Å². The van der Waals surface area contributed by atoms with Crippen LogP contribution in [0.2, 0.25) is 0 Å². The number of nitrogens with one attached hydrogen (secondary N) is 1. The zero-order valence-corrected chi connectivity index (χ0v) is 9.91. The molecule has 1 spiro atoms. The van der Waals surface area contributed by atoms with Crippen molar-refractivity contribution in [3.05, 3.63) is 0 Å². The number of hydrogen-bond donors (Lipinski definition) is 2. The standard InChI is InChI=1S/C12H23NO3/c14-8-2-1-7-13-11-3-5-12(6-4-11)15-9-10-16-12/h11,13-14H,1-10H2. The van der Waals surface area contributed by atoms with Crippen LogP contribution in [0.5, 0.6) is 0 Å². The minimum atomic E-state index is -0.233. The molecule has 0 aromatic heterocycles. The van der Waals surface area contributed by atoms with Crippen molar-refractivity contribution in [2.45, 2.75) is 50.4 Å². The molecular formula is C12H23NO3. The van der Waals surface area contributed by atoms with Crippen molar-refractivity contribution in [1.82, 2.24) is 5.32 Å². The zero-order chi connectivity index (χ0) is 11.3. The lowest BCUT2D eigenvalue weighted by molar-refractivity contribution is -0.179. The summed E-state index contributed by atoms with van der Waals surface area (Å²) < 4.78 is 11.4. The third-order valence-electron chi connectivity index (χ3n) is 3.58. The fraction of sp³-hybridized carbons (Fsp3) is 1.00. The molecule has 94 valence electrons. The summed E-state index contributed by atoms with van der Waals surface area (Å²) in [6.45, 7) is 2.83. The first kappa shape index (κ1) is 12.3. The molecule has 1 aliphatic heterocycles. The molecule has 0 aromatic carbocycles. The molecule has 1 saturated heterocycles. The van der Waals surface area contributed by atoms with Gasteiger partial charge >= 0.3 is 0 Å². The van der Waals surface area contributed by atoms with Crippen molar-refractivity contribution < 1.29 is 14.6 Å². The van der Waals surface area contributed by atoms with Gasteiger partial charge in [0.25, 0.3) is 0 Å². The maximum Gasteiger partial charge on any atom is 0.168 e. The van der Waals surface area contributed by atoms with Crippen molar-refractivity contribution in [2.75, 3.05) is 26.4 Å². The second kappa shape index (κ2) is 5.96. The smallest absolute Gasteiger partial charge is 0.168 e. The van der Waals surface area contributed by atoms with E-state index in [-0.39, 0.29) is 5.79 Å². The third-order valence-corrected chi connectivity index (χ3v) is 3.58. The molecule has 2 rings (SSSR count). The summed E-state index contributed by atoms with van der Waals surface area (Å²) in [5.41, 5.74) is 0. The number of hydrogen-bond acceptors (Lipinski definition) is 4. The molecule has 0 amide bonds. The van der Waals surface area contributed by atoms with Gasteiger partial charge in [0.2, 0.25) is 0 Å². The van der Waals surface area contributed by atoms with Crippen molar-refractivity contribution in [1.29, 1.82) is 0 Å². The maximum absolute atomic E-state index is 8.68. The van der Waals surface area contributed by atoms with E-state index >= 15 is 0 Å². The number of aliphatic hydroxyl groups excluding tert-OH is 1. The lowest BCUT2D eigenvalue weighted by Gasteiger charge is -2.35. The minimum absolute atomic E-state index is 0.233. The molecule has 0 radical (unpaired) electrons. The third kappa shape index (κ3) is 3.17. The lowest BCUT2D eigenvalue weighted by atomic mass is 9.90. The molecule has 0 unspecified atom stereocenters. The van der Waals surface area contributed by atoms with Crippen LogP contribution in [-0.2, 0) is 9.47 Å². The number of ether oxygens (including phenoxy) is 2. The largest absolute Gasteiger partial charge is 0.396 e. The van der Waals surface area contributed by atoms with Gasteiger partial charge in [0.15, 0.2) is 5.79 Å². The van der Waals surface area contributed by atoms with Gasteiger partial charge in [0.05, 0.1) is 13.2 Å². The van der Waals surface area contributed by atoms with E-state index in [1.807, 2.05) is 0 Å². The summed E-state index contributed by atoms with van der Waals surface area (Å²) >= 11 is 0. The van der Waals surface area contributed by atoms with Gasteiger partial charge in [-0.3, -0.25) is 0 Å². The van der Waals surface area contributed by atoms with Gasteiger partial charge in [-0.15, -0.1) is 0 Å². The van der Waals surface area contributed by atoms with Crippen LogP contribution in [0, 0.1) is 0 Å². The molecule has 1 aliphatic carbocycles. The first-order chi connectivity index (χ1) is 7.85. The molecular weight excluding hydrogens is 206 g/mol. The van der Waals surface area contributed by atoms with Gasteiger partial charge < -0.3 is 19.9 Å². The molecule has 16 heavy (non-hydrogen) atoms. The SMILES string of the molecule is OCCCCNC1CCC2(CC1)OCCO2. The van der Waals surface area contributed by atoms with E-state index in [2.05, 4.69) is 5.32 Å². The highest BCUT2D eigenvalue weighted by Gasteiger charge is 2.39. The highest BCUT2D eigenvalue weighted by molar-refractivity contribution is 4.85. The molecule has 2 N–H and O–H groups in total.